The molecule has 0 aromatic heterocycles. The zero-order chi connectivity index (χ0) is 20.3. The van der Waals surface area contributed by atoms with Crippen molar-refractivity contribution in [3.63, 3.8) is 0 Å². The molecule has 0 bridgehead atoms. The Balaban J connectivity index is 1.59. The maximum absolute atomic E-state index is 11.2. The Hall–Kier alpha value is -0.870. The molecule has 4 saturated carbocycles. The maximum atomic E-state index is 11.2. The number of carboxylic acids is 1. The van der Waals surface area contributed by atoms with E-state index in [1.165, 1.54) is 18.9 Å². The Bertz CT molecular complexity index is 645. The predicted molar refractivity (Wildman–Crippen MR) is 109 cm³/mol. The zero-order valence-electron chi connectivity index (χ0n) is 17.7. The van der Waals surface area contributed by atoms with Gasteiger partial charge in [-0.2, -0.15) is 0 Å². The lowest BCUT2D eigenvalue weighted by molar-refractivity contribution is -0.173. The lowest BCUT2D eigenvalue weighted by Gasteiger charge is -2.62. The summed E-state index contributed by atoms with van der Waals surface area (Å²) < 4.78 is 0. The highest BCUT2D eigenvalue weighted by atomic mass is 16.4. The minimum absolute atomic E-state index is 0.187. The first kappa shape index (κ1) is 20.4. The summed E-state index contributed by atoms with van der Waals surface area (Å²) >= 11 is 0. The van der Waals surface area contributed by atoms with Gasteiger partial charge in [-0.3, -0.25) is 0 Å². The van der Waals surface area contributed by atoms with Crippen molar-refractivity contribution in [2.45, 2.75) is 84.3 Å². The van der Waals surface area contributed by atoms with E-state index in [9.17, 15) is 15.0 Å². The van der Waals surface area contributed by atoms with E-state index in [0.717, 1.165) is 38.5 Å². The first-order valence-corrected chi connectivity index (χ1v) is 11.4. The molecule has 0 heterocycles. The smallest absolute Gasteiger partial charge is 0.327 e. The van der Waals surface area contributed by atoms with Gasteiger partial charge in [0.25, 0.3) is 0 Å². The van der Waals surface area contributed by atoms with Gasteiger partial charge in [0, 0.05) is 6.08 Å². The predicted octanol–water partition coefficient (Wildman–Crippen LogP) is 4.25. The van der Waals surface area contributed by atoms with Crippen LogP contribution in [-0.4, -0.2) is 33.5 Å². The van der Waals surface area contributed by atoms with Crippen LogP contribution in [0.1, 0.15) is 72.1 Å². The molecule has 158 valence electrons. The van der Waals surface area contributed by atoms with Gasteiger partial charge in [-0.1, -0.05) is 26.8 Å². The highest BCUT2D eigenvalue weighted by Gasteiger charge is 2.62. The topological polar surface area (TPSA) is 77.8 Å². The van der Waals surface area contributed by atoms with E-state index in [2.05, 4.69) is 20.8 Å². The Labute approximate surface area is 169 Å². The number of rotatable bonds is 3. The van der Waals surface area contributed by atoms with E-state index < -0.39 is 5.97 Å². The summed E-state index contributed by atoms with van der Waals surface area (Å²) in [7, 11) is 0. The molecular weight excluding hydrogens is 352 g/mol. The second-order valence-corrected chi connectivity index (χ2v) is 11.0. The van der Waals surface area contributed by atoms with Gasteiger partial charge in [0.15, 0.2) is 0 Å². The fourth-order valence-electron chi connectivity index (χ4n) is 8.47. The van der Waals surface area contributed by atoms with Crippen molar-refractivity contribution in [3.8, 4) is 0 Å². The Morgan fingerprint density at radius 3 is 2.39 bits per heavy atom. The van der Waals surface area contributed by atoms with Crippen LogP contribution in [0.5, 0.6) is 0 Å². The van der Waals surface area contributed by atoms with E-state index in [-0.39, 0.29) is 29.0 Å². The number of fused-ring (bicyclic) bond motifs is 5. The average Bonchev–Trinajstić information content (AvgIpc) is 2.98. The van der Waals surface area contributed by atoms with Gasteiger partial charge in [0.1, 0.15) is 0 Å². The number of carbonyl (C=O) groups is 1. The maximum Gasteiger partial charge on any atom is 0.327 e. The van der Waals surface area contributed by atoms with Crippen molar-refractivity contribution in [3.05, 3.63) is 12.2 Å². The Morgan fingerprint density at radius 1 is 1.00 bits per heavy atom. The number of hydrogen-bond donors (Lipinski definition) is 3. The summed E-state index contributed by atoms with van der Waals surface area (Å²) in [6, 6.07) is 0. The molecule has 4 fully saturated rings. The number of carboxylic acid groups (broad SMARTS) is 1. The number of allylic oxidation sites excluding steroid dienone is 1. The molecular formula is C24H38O4. The van der Waals surface area contributed by atoms with Gasteiger partial charge in [0.2, 0.25) is 0 Å². The summed E-state index contributed by atoms with van der Waals surface area (Å²) in [6.07, 6.45) is 11.1. The van der Waals surface area contributed by atoms with Crippen molar-refractivity contribution in [2.75, 3.05) is 0 Å². The molecule has 0 aromatic carbocycles. The third kappa shape index (κ3) is 3.06. The molecule has 10 atom stereocenters. The van der Waals surface area contributed by atoms with Crippen molar-refractivity contribution >= 4 is 5.97 Å². The molecule has 0 unspecified atom stereocenters. The second-order valence-electron chi connectivity index (χ2n) is 11.0. The molecule has 0 saturated heterocycles. The van der Waals surface area contributed by atoms with Gasteiger partial charge in [0.05, 0.1) is 12.2 Å². The zero-order valence-corrected chi connectivity index (χ0v) is 17.7. The molecule has 0 radical (unpaired) electrons. The minimum Gasteiger partial charge on any atom is -0.478 e. The van der Waals surface area contributed by atoms with Gasteiger partial charge < -0.3 is 15.3 Å². The van der Waals surface area contributed by atoms with E-state index in [1.807, 2.05) is 6.08 Å². The van der Waals surface area contributed by atoms with Gasteiger partial charge in [-0.25, -0.2) is 4.79 Å². The summed E-state index contributed by atoms with van der Waals surface area (Å²) in [5, 5.41) is 30.4. The number of aliphatic carboxylic acids is 1. The van der Waals surface area contributed by atoms with Crippen LogP contribution in [0.2, 0.25) is 0 Å². The molecule has 4 nitrogen and oxygen atoms in total. The van der Waals surface area contributed by atoms with Crippen LogP contribution < -0.4 is 0 Å². The van der Waals surface area contributed by atoms with Gasteiger partial charge in [-0.15, -0.1) is 0 Å². The van der Waals surface area contributed by atoms with Crippen LogP contribution in [0.25, 0.3) is 0 Å². The van der Waals surface area contributed by atoms with Crippen molar-refractivity contribution in [2.24, 2.45) is 46.3 Å². The van der Waals surface area contributed by atoms with Crippen LogP contribution in [0, 0.1) is 46.3 Å². The van der Waals surface area contributed by atoms with E-state index in [0.29, 0.717) is 29.6 Å². The summed E-state index contributed by atoms with van der Waals surface area (Å²) in [5.74, 6) is 1.82. The molecule has 4 rings (SSSR count). The summed E-state index contributed by atoms with van der Waals surface area (Å²) in [5.41, 5.74) is 0.457. The third-order valence-electron chi connectivity index (χ3n) is 9.91. The second kappa shape index (κ2) is 7.12. The molecule has 3 N–H and O–H groups in total. The fourth-order valence-corrected chi connectivity index (χ4v) is 8.47. The van der Waals surface area contributed by atoms with Gasteiger partial charge >= 0.3 is 5.97 Å². The van der Waals surface area contributed by atoms with E-state index in [4.69, 9.17) is 5.11 Å². The van der Waals surface area contributed by atoms with Crippen molar-refractivity contribution in [1.29, 1.82) is 0 Å². The lowest BCUT2D eigenvalue weighted by Crippen LogP contribution is -2.58. The van der Waals surface area contributed by atoms with E-state index >= 15 is 0 Å². The van der Waals surface area contributed by atoms with Crippen LogP contribution in [-0.2, 0) is 4.79 Å². The van der Waals surface area contributed by atoms with E-state index in [1.54, 1.807) is 0 Å². The largest absolute Gasteiger partial charge is 0.478 e. The van der Waals surface area contributed by atoms with Crippen LogP contribution in [0.3, 0.4) is 0 Å². The highest BCUT2D eigenvalue weighted by molar-refractivity contribution is 5.79. The summed E-state index contributed by atoms with van der Waals surface area (Å²) in [6.45, 7) is 7.03. The normalized spacial score (nSPS) is 52.0. The van der Waals surface area contributed by atoms with Crippen LogP contribution >= 0.6 is 0 Å². The fraction of sp³-hybridized carbons (Fsp3) is 0.875. The first-order chi connectivity index (χ1) is 13.2. The molecule has 0 spiro atoms. The molecule has 4 aliphatic rings. The quantitative estimate of drug-likeness (QED) is 0.630. The molecule has 4 heteroatoms. The third-order valence-corrected chi connectivity index (χ3v) is 9.91. The number of hydrogen-bond acceptors (Lipinski definition) is 3. The summed E-state index contributed by atoms with van der Waals surface area (Å²) in [4.78, 5) is 11.0. The van der Waals surface area contributed by atoms with Gasteiger partial charge in [-0.05, 0) is 97.7 Å². The van der Waals surface area contributed by atoms with Crippen molar-refractivity contribution < 1.29 is 20.1 Å². The monoisotopic (exact) mass is 390 g/mol. The SMILES string of the molecule is C[C@H](C=CC(=O)O)[C@H]1CC[C@H]2[C@@H]3[C@H](O)C[C@@H]4C[C@H](O)CC[C@]4(C)[C@H]3CC[C@]12C. The highest BCUT2D eigenvalue weighted by Crippen LogP contribution is 2.68. The lowest BCUT2D eigenvalue weighted by atomic mass is 9.43. The van der Waals surface area contributed by atoms with Crippen molar-refractivity contribution in [1.82, 2.24) is 0 Å². The average molecular weight is 391 g/mol. The standard InChI is InChI=1S/C24H38O4/c1-14(4-7-21(27)28)17-5-6-18-22-19(9-11-24(17,18)3)23(2)10-8-16(25)12-15(23)13-20(22)26/h4,7,14-20,22,25-26H,5-6,8-13H2,1-3H3,(H,27,28)/t14-,15+,16-,17-,18+,19+,20-,22+,23+,24-/m1/s1. The molecule has 0 aliphatic heterocycles. The molecule has 4 aliphatic carbocycles. The minimum atomic E-state index is -0.864. The molecule has 0 amide bonds. The first-order valence-electron chi connectivity index (χ1n) is 11.4. The molecule has 0 aromatic rings. The number of aliphatic hydroxyl groups excluding tert-OH is 2. The Kier molecular flexibility index (Phi) is 5.19. The van der Waals surface area contributed by atoms with Crippen LogP contribution in [0.15, 0.2) is 12.2 Å². The molecule has 28 heavy (non-hydrogen) atoms. The number of aliphatic hydroxyl groups is 2. The van der Waals surface area contributed by atoms with Crippen LogP contribution in [0.4, 0.5) is 0 Å². The Morgan fingerprint density at radius 2 is 1.68 bits per heavy atom.